The number of benzene rings is 3. The fraction of sp³-hybridized carbons (Fsp3) is 0.609. The van der Waals surface area contributed by atoms with Crippen molar-refractivity contribution in [2.24, 2.45) is 0 Å². The van der Waals surface area contributed by atoms with Crippen LogP contribution < -0.4 is 9.47 Å². The van der Waals surface area contributed by atoms with Crippen molar-refractivity contribution in [1.82, 2.24) is 0 Å². The average molecular weight is 861 g/mol. The van der Waals surface area contributed by atoms with Gasteiger partial charge in [0.25, 0.3) is 0 Å². The highest BCUT2D eigenvalue weighted by Gasteiger charge is 2.17. The van der Waals surface area contributed by atoms with Gasteiger partial charge in [-0.1, -0.05) is 98.6 Å². The van der Waals surface area contributed by atoms with Crippen LogP contribution >= 0.6 is 31.9 Å². The minimum atomic E-state index is -0.320. The highest BCUT2D eigenvalue weighted by atomic mass is 79.9. The third-order valence-corrected chi connectivity index (χ3v) is 11.5. The van der Waals surface area contributed by atoms with Crippen molar-refractivity contribution in [3.05, 3.63) is 90.9 Å². The van der Waals surface area contributed by atoms with Gasteiger partial charge in [0.05, 0.1) is 34.9 Å². The summed E-state index contributed by atoms with van der Waals surface area (Å²) in [7, 11) is 0. The van der Waals surface area contributed by atoms with E-state index in [2.05, 4.69) is 143 Å². The van der Waals surface area contributed by atoms with Crippen LogP contribution in [0.4, 0.5) is 0 Å². The molecule has 0 aromatic heterocycles. The van der Waals surface area contributed by atoms with E-state index in [4.69, 9.17) is 23.7 Å². The summed E-state index contributed by atoms with van der Waals surface area (Å²) in [6, 6.07) is 17.7. The summed E-state index contributed by atoms with van der Waals surface area (Å²) in [6.45, 7) is 25.8. The molecular formula is C46H68Br2O5. The fourth-order valence-corrected chi connectivity index (χ4v) is 7.76. The Hall–Kier alpha value is -1.90. The Morgan fingerprint density at radius 1 is 0.623 bits per heavy atom. The van der Waals surface area contributed by atoms with Crippen molar-refractivity contribution in [1.29, 1.82) is 0 Å². The molecule has 1 aliphatic rings. The lowest BCUT2D eigenvalue weighted by Crippen LogP contribution is -2.21. The Bertz CT molecular complexity index is 1470. The Morgan fingerprint density at radius 3 is 1.72 bits per heavy atom. The number of aryl methyl sites for hydroxylation is 1. The van der Waals surface area contributed by atoms with Gasteiger partial charge in [-0.25, -0.2) is 0 Å². The van der Waals surface area contributed by atoms with Gasteiger partial charge in [0.15, 0.2) is 18.3 Å². The van der Waals surface area contributed by atoms with Crippen LogP contribution in [0.5, 0.6) is 11.5 Å². The maximum absolute atomic E-state index is 6.05. The maximum atomic E-state index is 6.05. The zero-order chi connectivity index (χ0) is 39.1. The first kappa shape index (κ1) is 45.5. The molecule has 3 aromatic rings. The van der Waals surface area contributed by atoms with Gasteiger partial charge in [0.2, 0.25) is 0 Å². The molecule has 0 radical (unpaired) electrons. The Balaban J connectivity index is 0.000000290. The van der Waals surface area contributed by atoms with E-state index in [1.54, 1.807) is 0 Å². The van der Waals surface area contributed by atoms with Crippen molar-refractivity contribution in [2.75, 3.05) is 19.8 Å². The van der Waals surface area contributed by atoms with Gasteiger partial charge in [-0.2, -0.15) is 0 Å². The van der Waals surface area contributed by atoms with Crippen LogP contribution in [0.25, 0.3) is 0 Å². The van der Waals surface area contributed by atoms with Gasteiger partial charge >= 0.3 is 0 Å². The van der Waals surface area contributed by atoms with Crippen LogP contribution in [0.2, 0.25) is 0 Å². The van der Waals surface area contributed by atoms with E-state index in [0.29, 0.717) is 49.6 Å². The molecule has 4 rings (SSSR count). The summed E-state index contributed by atoms with van der Waals surface area (Å²) in [5.41, 5.74) is 8.00. The molecule has 0 saturated heterocycles. The molecule has 0 spiro atoms. The van der Waals surface area contributed by atoms with Gasteiger partial charge in [-0.15, -0.1) is 0 Å². The third kappa shape index (κ3) is 15.3. The lowest BCUT2D eigenvalue weighted by atomic mass is 9.92. The van der Waals surface area contributed by atoms with Gasteiger partial charge < -0.3 is 23.7 Å². The summed E-state index contributed by atoms with van der Waals surface area (Å²) >= 11 is 7.23. The summed E-state index contributed by atoms with van der Waals surface area (Å²) < 4.78 is 31.4. The molecule has 53 heavy (non-hydrogen) atoms. The largest absolute Gasteiger partial charge is 0.465 e. The number of halogens is 2. The highest BCUT2D eigenvalue weighted by molar-refractivity contribution is 9.11. The second-order valence-electron chi connectivity index (χ2n) is 15.4. The topological polar surface area (TPSA) is 46.2 Å². The van der Waals surface area contributed by atoms with Crippen LogP contribution in [-0.2, 0) is 20.6 Å². The smallest absolute Gasteiger partial charge is 0.197 e. The Labute approximate surface area is 339 Å². The van der Waals surface area contributed by atoms with Crippen molar-refractivity contribution in [3.63, 3.8) is 0 Å². The van der Waals surface area contributed by atoms with Crippen LogP contribution in [0.3, 0.4) is 0 Å². The fourth-order valence-electron chi connectivity index (χ4n) is 6.36. The molecule has 1 aliphatic carbocycles. The molecule has 1 saturated carbocycles. The molecule has 0 amide bonds. The molecule has 0 N–H and O–H groups in total. The number of rotatable bonds is 19. The van der Waals surface area contributed by atoms with E-state index in [0.717, 1.165) is 39.7 Å². The normalized spacial score (nSPS) is 15.6. The summed E-state index contributed by atoms with van der Waals surface area (Å²) in [6.07, 6.45) is 7.97. The van der Waals surface area contributed by atoms with Gasteiger partial charge in [0.1, 0.15) is 5.75 Å². The highest BCUT2D eigenvalue weighted by Crippen LogP contribution is 2.38. The predicted molar refractivity (Wildman–Crippen MR) is 229 cm³/mol. The van der Waals surface area contributed by atoms with E-state index in [1.807, 2.05) is 13.8 Å². The monoisotopic (exact) mass is 858 g/mol. The molecule has 0 bridgehead atoms. The predicted octanol–water partition coefficient (Wildman–Crippen LogP) is 14.2. The molecule has 0 aliphatic heterocycles. The molecule has 4 atom stereocenters. The average Bonchev–Trinajstić information content (AvgIpc) is 3.65. The number of hydrogen-bond acceptors (Lipinski definition) is 5. The Kier molecular flexibility index (Phi) is 19.9. The van der Waals surface area contributed by atoms with Crippen molar-refractivity contribution in [2.45, 2.75) is 163 Å². The zero-order valence-electron chi connectivity index (χ0n) is 34.5. The minimum absolute atomic E-state index is 0.263. The van der Waals surface area contributed by atoms with E-state index in [-0.39, 0.29) is 12.6 Å². The first-order valence-corrected chi connectivity index (χ1v) is 21.7. The first-order valence-electron chi connectivity index (χ1n) is 20.1. The quantitative estimate of drug-likeness (QED) is 0.0888. The van der Waals surface area contributed by atoms with E-state index >= 15 is 0 Å². The third-order valence-electron chi connectivity index (χ3n) is 10.4. The molecule has 7 heteroatoms. The number of ether oxygens (including phenoxy) is 5. The van der Waals surface area contributed by atoms with Crippen LogP contribution in [-0.4, -0.2) is 38.5 Å². The standard InChI is InChI=1S/C27H40O2.C19H28Br2O3/c1-9-20(6)24-10-11-27(21(7)14-24)29-22(8)28-13-12-23-15-25(18(2)3)17-26(16-23)19(4)5;1-4-13(2)15-11-17(20)19(18(21)12-15)24-14(3)22-9-10-23-16-7-5-6-8-16/h10-11,14-20,22H,9,12-13H2,1-8H3;11-14,16H,4-10H2,1-3H3. The molecule has 296 valence electrons. The van der Waals surface area contributed by atoms with Gasteiger partial charge in [0, 0.05) is 0 Å². The summed E-state index contributed by atoms with van der Waals surface area (Å²) in [5, 5.41) is 0. The minimum Gasteiger partial charge on any atom is -0.465 e. The second kappa shape index (κ2) is 23.2. The van der Waals surface area contributed by atoms with Gasteiger partial charge in [-0.3, -0.25) is 0 Å². The van der Waals surface area contributed by atoms with E-state index < -0.39 is 0 Å². The van der Waals surface area contributed by atoms with Crippen LogP contribution in [0.1, 0.15) is 165 Å². The molecular weight excluding hydrogens is 792 g/mol. The zero-order valence-corrected chi connectivity index (χ0v) is 37.7. The van der Waals surface area contributed by atoms with E-state index in [1.165, 1.54) is 59.1 Å². The van der Waals surface area contributed by atoms with Crippen molar-refractivity contribution < 1.29 is 23.7 Å². The Morgan fingerprint density at radius 2 is 1.17 bits per heavy atom. The van der Waals surface area contributed by atoms with Crippen LogP contribution in [0.15, 0.2) is 57.5 Å². The maximum Gasteiger partial charge on any atom is 0.197 e. The van der Waals surface area contributed by atoms with Crippen LogP contribution in [0, 0.1) is 6.92 Å². The molecule has 4 unspecified atom stereocenters. The van der Waals surface area contributed by atoms with Crippen molar-refractivity contribution in [3.8, 4) is 11.5 Å². The lowest BCUT2D eigenvalue weighted by Gasteiger charge is -2.20. The first-order chi connectivity index (χ1) is 25.2. The van der Waals surface area contributed by atoms with Crippen molar-refractivity contribution >= 4 is 31.9 Å². The molecule has 5 nitrogen and oxygen atoms in total. The summed E-state index contributed by atoms with van der Waals surface area (Å²) in [4.78, 5) is 0. The summed E-state index contributed by atoms with van der Waals surface area (Å²) in [5.74, 6) is 3.87. The molecule has 0 heterocycles. The van der Waals surface area contributed by atoms with Gasteiger partial charge in [-0.05, 0) is 160 Å². The lowest BCUT2D eigenvalue weighted by molar-refractivity contribution is -0.0912. The second-order valence-corrected chi connectivity index (χ2v) is 17.1. The SMILES string of the molecule is CCC(C)c1cc(Br)c(OC(C)OCCOC2CCCC2)c(Br)c1.CCC(C)c1ccc(OC(C)OCCc2cc(C(C)C)cc(C(C)C)c2)c(C)c1. The molecule has 3 aromatic carbocycles. The number of hydrogen-bond donors (Lipinski definition) is 0. The molecule has 1 fully saturated rings. The van der Waals surface area contributed by atoms with E-state index in [9.17, 15) is 0 Å².